The number of halogens is 1. The molecule has 7 nitrogen and oxygen atoms in total. The van der Waals surface area contributed by atoms with Crippen molar-refractivity contribution in [2.45, 2.75) is 13.0 Å². The lowest BCUT2D eigenvalue weighted by molar-refractivity contribution is -0.133. The Balaban J connectivity index is 1.79. The third kappa shape index (κ3) is 4.83. The zero-order valence-corrected chi connectivity index (χ0v) is 16.1. The second-order valence-electron chi connectivity index (χ2n) is 6.23. The molecule has 0 fully saturated rings. The smallest absolute Gasteiger partial charge is 0.336 e. The molecule has 3 N–H and O–H groups in total. The van der Waals surface area contributed by atoms with Crippen molar-refractivity contribution in [3.8, 4) is 5.75 Å². The lowest BCUT2D eigenvalue weighted by atomic mass is 9.95. The van der Waals surface area contributed by atoms with E-state index < -0.39 is 24.0 Å². The van der Waals surface area contributed by atoms with Gasteiger partial charge in [-0.2, -0.15) is 0 Å². The number of carboxylic acid groups (broad SMARTS) is 1. The molecule has 3 rings (SSSR count). The maximum absolute atomic E-state index is 12.0. The van der Waals surface area contributed by atoms with Gasteiger partial charge in [-0.1, -0.05) is 48.0 Å². The van der Waals surface area contributed by atoms with E-state index in [0.717, 1.165) is 5.56 Å². The van der Waals surface area contributed by atoms with Crippen LogP contribution >= 0.6 is 11.6 Å². The Bertz CT molecular complexity index is 1030. The number of rotatable bonds is 5. The van der Waals surface area contributed by atoms with Crippen LogP contribution in [0, 0.1) is 0 Å². The van der Waals surface area contributed by atoms with E-state index in [9.17, 15) is 19.5 Å². The summed E-state index contributed by atoms with van der Waals surface area (Å²) in [6.07, 6.45) is 2.89. The predicted octanol–water partition coefficient (Wildman–Crippen LogP) is 3.67. The Morgan fingerprint density at radius 2 is 1.90 bits per heavy atom. The first-order chi connectivity index (χ1) is 13.8. The molecule has 8 heteroatoms. The van der Waals surface area contributed by atoms with E-state index in [1.807, 2.05) is 30.3 Å². The highest BCUT2D eigenvalue weighted by molar-refractivity contribution is 6.32. The summed E-state index contributed by atoms with van der Waals surface area (Å²) in [6.45, 7) is 1.51. The summed E-state index contributed by atoms with van der Waals surface area (Å²) < 4.78 is 5.24. The SMILES string of the molecule is CC1=C(C(=O)O)C(c2ccc(OC(=O)C=Cc3ccccc3)c(Cl)c2)NC(=O)N1. The zero-order valence-electron chi connectivity index (χ0n) is 15.3. The molecular formula is C21H17ClN2O5. The number of nitrogens with one attached hydrogen (secondary N) is 2. The predicted molar refractivity (Wildman–Crippen MR) is 107 cm³/mol. The number of aliphatic carboxylic acids is 1. The first kappa shape index (κ1) is 20.2. The normalized spacial score (nSPS) is 16.3. The van der Waals surface area contributed by atoms with Crippen molar-refractivity contribution < 1.29 is 24.2 Å². The minimum Gasteiger partial charge on any atom is -0.478 e. The van der Waals surface area contributed by atoms with Gasteiger partial charge >= 0.3 is 18.0 Å². The van der Waals surface area contributed by atoms with Crippen LogP contribution in [0.3, 0.4) is 0 Å². The number of carboxylic acids is 1. The van der Waals surface area contributed by atoms with Gasteiger partial charge in [-0.25, -0.2) is 14.4 Å². The number of carbonyl (C=O) groups is 3. The standard InChI is InChI=1S/C21H17ClN2O5/c1-12-18(20(26)27)19(24-21(28)23-12)14-8-9-16(15(22)11-14)29-17(25)10-7-13-5-3-2-4-6-13/h2-11,19H,1H3,(H,26,27)(H2,23,24,28). The lowest BCUT2D eigenvalue weighted by Crippen LogP contribution is -2.45. The molecule has 0 radical (unpaired) electrons. The number of hydrogen-bond donors (Lipinski definition) is 3. The van der Waals surface area contributed by atoms with Crippen LogP contribution in [0.2, 0.25) is 5.02 Å². The van der Waals surface area contributed by atoms with E-state index in [0.29, 0.717) is 5.56 Å². The Labute approximate surface area is 171 Å². The second kappa shape index (κ2) is 8.62. The molecule has 0 bridgehead atoms. The molecule has 0 aliphatic carbocycles. The molecule has 1 unspecified atom stereocenters. The van der Waals surface area contributed by atoms with E-state index >= 15 is 0 Å². The minimum absolute atomic E-state index is 0.00351. The van der Waals surface area contributed by atoms with Crippen molar-refractivity contribution in [3.05, 3.63) is 82.0 Å². The third-order valence-corrected chi connectivity index (χ3v) is 4.51. The maximum Gasteiger partial charge on any atom is 0.336 e. The molecule has 0 saturated carbocycles. The van der Waals surface area contributed by atoms with Gasteiger partial charge < -0.3 is 20.5 Å². The van der Waals surface area contributed by atoms with Gasteiger partial charge in [0, 0.05) is 11.8 Å². The molecular weight excluding hydrogens is 396 g/mol. The Kier molecular flexibility index (Phi) is 5.99. The van der Waals surface area contributed by atoms with Gasteiger partial charge in [0.1, 0.15) is 5.75 Å². The Hall–Kier alpha value is -3.58. The van der Waals surface area contributed by atoms with Crippen LogP contribution in [0.1, 0.15) is 24.1 Å². The van der Waals surface area contributed by atoms with Crippen molar-refractivity contribution in [3.63, 3.8) is 0 Å². The topological polar surface area (TPSA) is 105 Å². The summed E-state index contributed by atoms with van der Waals surface area (Å²) >= 11 is 6.22. The van der Waals surface area contributed by atoms with Gasteiger partial charge in [0.15, 0.2) is 0 Å². The summed E-state index contributed by atoms with van der Waals surface area (Å²) in [5, 5.41) is 14.6. The highest BCUT2D eigenvalue weighted by Gasteiger charge is 2.31. The zero-order chi connectivity index (χ0) is 21.0. The fraction of sp³-hybridized carbons (Fsp3) is 0.0952. The van der Waals surface area contributed by atoms with Crippen molar-refractivity contribution in [1.29, 1.82) is 0 Å². The number of amides is 2. The fourth-order valence-electron chi connectivity index (χ4n) is 2.88. The average molecular weight is 413 g/mol. The van der Waals surface area contributed by atoms with Crippen LogP contribution < -0.4 is 15.4 Å². The first-order valence-corrected chi connectivity index (χ1v) is 8.99. The van der Waals surface area contributed by atoms with E-state index in [4.69, 9.17) is 16.3 Å². The summed E-state index contributed by atoms with van der Waals surface area (Å²) in [4.78, 5) is 35.4. The number of benzene rings is 2. The van der Waals surface area contributed by atoms with Crippen molar-refractivity contribution >= 4 is 35.6 Å². The van der Waals surface area contributed by atoms with Crippen molar-refractivity contribution in [2.75, 3.05) is 0 Å². The van der Waals surface area contributed by atoms with Crippen LogP contribution in [0.4, 0.5) is 4.79 Å². The monoisotopic (exact) mass is 412 g/mol. The highest BCUT2D eigenvalue weighted by Crippen LogP contribution is 2.32. The van der Waals surface area contributed by atoms with Gasteiger partial charge in [-0.3, -0.25) is 0 Å². The summed E-state index contributed by atoms with van der Waals surface area (Å²) in [5.41, 5.74) is 1.53. The molecule has 0 spiro atoms. The van der Waals surface area contributed by atoms with Gasteiger partial charge in [0.25, 0.3) is 0 Å². The molecule has 1 atom stereocenters. The molecule has 1 aliphatic rings. The van der Waals surface area contributed by atoms with Crippen LogP contribution in [0.5, 0.6) is 5.75 Å². The Morgan fingerprint density at radius 3 is 2.55 bits per heavy atom. The van der Waals surface area contributed by atoms with Crippen LogP contribution in [-0.4, -0.2) is 23.1 Å². The van der Waals surface area contributed by atoms with E-state index in [1.165, 1.54) is 25.1 Å². The highest BCUT2D eigenvalue weighted by atomic mass is 35.5. The van der Waals surface area contributed by atoms with Crippen LogP contribution in [0.15, 0.2) is 65.9 Å². The first-order valence-electron chi connectivity index (χ1n) is 8.61. The molecule has 0 aromatic heterocycles. The van der Waals surface area contributed by atoms with Gasteiger partial charge in [-0.05, 0) is 36.3 Å². The molecule has 29 heavy (non-hydrogen) atoms. The number of carbonyl (C=O) groups excluding carboxylic acids is 2. The average Bonchev–Trinajstić information content (AvgIpc) is 2.67. The fourth-order valence-corrected chi connectivity index (χ4v) is 3.11. The quantitative estimate of drug-likeness (QED) is 0.395. The summed E-state index contributed by atoms with van der Waals surface area (Å²) in [6, 6.07) is 12.3. The summed E-state index contributed by atoms with van der Waals surface area (Å²) in [7, 11) is 0. The molecule has 148 valence electrons. The van der Waals surface area contributed by atoms with E-state index in [2.05, 4.69) is 10.6 Å². The largest absolute Gasteiger partial charge is 0.478 e. The minimum atomic E-state index is -1.17. The molecule has 2 amide bonds. The van der Waals surface area contributed by atoms with Crippen LogP contribution in [0.25, 0.3) is 6.08 Å². The van der Waals surface area contributed by atoms with Gasteiger partial charge in [0.2, 0.25) is 0 Å². The molecule has 2 aromatic rings. The third-order valence-electron chi connectivity index (χ3n) is 4.21. The molecule has 1 aliphatic heterocycles. The van der Waals surface area contributed by atoms with Crippen molar-refractivity contribution in [2.24, 2.45) is 0 Å². The van der Waals surface area contributed by atoms with Crippen LogP contribution in [-0.2, 0) is 9.59 Å². The summed E-state index contributed by atoms with van der Waals surface area (Å²) in [5.74, 6) is -1.66. The Morgan fingerprint density at radius 1 is 1.17 bits per heavy atom. The number of urea groups is 1. The number of allylic oxidation sites excluding steroid dienone is 1. The number of ether oxygens (including phenoxy) is 1. The van der Waals surface area contributed by atoms with Crippen molar-refractivity contribution in [1.82, 2.24) is 10.6 Å². The lowest BCUT2D eigenvalue weighted by Gasteiger charge is -2.27. The van der Waals surface area contributed by atoms with Gasteiger partial charge in [-0.15, -0.1) is 0 Å². The van der Waals surface area contributed by atoms with E-state index in [-0.39, 0.29) is 22.0 Å². The second-order valence-corrected chi connectivity index (χ2v) is 6.64. The molecule has 1 heterocycles. The maximum atomic E-state index is 12.0. The molecule has 0 saturated heterocycles. The van der Waals surface area contributed by atoms with Gasteiger partial charge in [0.05, 0.1) is 16.6 Å². The number of hydrogen-bond acceptors (Lipinski definition) is 4. The molecule has 2 aromatic carbocycles. The number of esters is 1. The van der Waals surface area contributed by atoms with E-state index in [1.54, 1.807) is 12.1 Å².